The van der Waals surface area contributed by atoms with E-state index < -0.39 is 0 Å². The first-order chi connectivity index (χ1) is 14.0. The lowest BCUT2D eigenvalue weighted by atomic mass is 10.1. The minimum absolute atomic E-state index is 0.199. The van der Waals surface area contributed by atoms with Crippen LogP contribution in [0, 0.1) is 13.8 Å². The number of carbonyl (C=O) groups is 1. The van der Waals surface area contributed by atoms with Crippen LogP contribution >= 0.6 is 0 Å². The number of aromatic amines is 1. The van der Waals surface area contributed by atoms with Gasteiger partial charge < -0.3 is 5.32 Å². The Kier molecular flexibility index (Phi) is 4.94. The molecule has 4 aromatic rings. The van der Waals surface area contributed by atoms with Crippen LogP contribution in [0.4, 0.5) is 0 Å². The Balaban J connectivity index is 1.38. The van der Waals surface area contributed by atoms with Crippen LogP contribution < -0.4 is 5.32 Å². The predicted octanol–water partition coefficient (Wildman–Crippen LogP) is 2.00. The monoisotopic (exact) mass is 390 g/mol. The van der Waals surface area contributed by atoms with Crippen LogP contribution in [0.2, 0.25) is 0 Å². The van der Waals surface area contributed by atoms with E-state index in [-0.39, 0.29) is 5.91 Å². The third-order valence-electron chi connectivity index (χ3n) is 4.87. The Labute approximate surface area is 167 Å². The van der Waals surface area contributed by atoms with E-state index in [1.165, 1.54) is 6.33 Å². The molecular formula is C20H22N8O. The summed E-state index contributed by atoms with van der Waals surface area (Å²) in [7, 11) is 1.89. The minimum atomic E-state index is -0.199. The van der Waals surface area contributed by atoms with E-state index in [9.17, 15) is 4.79 Å². The van der Waals surface area contributed by atoms with E-state index in [2.05, 4.69) is 30.7 Å². The first-order valence-electron chi connectivity index (χ1n) is 9.25. The first kappa shape index (κ1) is 18.6. The summed E-state index contributed by atoms with van der Waals surface area (Å²) in [5.74, 6) is -0.199. The Morgan fingerprint density at radius 1 is 1.17 bits per heavy atom. The second-order valence-corrected chi connectivity index (χ2v) is 6.93. The van der Waals surface area contributed by atoms with Gasteiger partial charge in [-0.15, -0.1) is 0 Å². The van der Waals surface area contributed by atoms with Crippen LogP contribution in [-0.2, 0) is 20.1 Å². The number of aryl methyl sites for hydroxylation is 2. The minimum Gasteiger partial charge on any atom is -0.347 e. The number of nitrogens with zero attached hydrogens (tertiary/aromatic N) is 6. The van der Waals surface area contributed by atoms with Gasteiger partial charge in [0.1, 0.15) is 18.3 Å². The normalized spacial score (nSPS) is 11.0. The number of carbonyl (C=O) groups excluding carboxylic acids is 1. The van der Waals surface area contributed by atoms with E-state index >= 15 is 0 Å². The van der Waals surface area contributed by atoms with Gasteiger partial charge in [-0.25, -0.2) is 9.67 Å². The van der Waals surface area contributed by atoms with Crippen LogP contribution in [0.15, 0.2) is 43.0 Å². The van der Waals surface area contributed by atoms with Gasteiger partial charge in [0.15, 0.2) is 0 Å². The molecule has 9 heteroatoms. The molecule has 1 aromatic carbocycles. The molecule has 0 fully saturated rings. The maximum atomic E-state index is 12.5. The van der Waals surface area contributed by atoms with Crippen LogP contribution in [0.3, 0.4) is 0 Å². The van der Waals surface area contributed by atoms with Gasteiger partial charge in [0, 0.05) is 24.8 Å². The Hall–Kier alpha value is -3.75. The Bertz CT molecular complexity index is 1120. The van der Waals surface area contributed by atoms with Gasteiger partial charge in [0.2, 0.25) is 0 Å². The van der Waals surface area contributed by atoms with Crippen molar-refractivity contribution in [3.8, 4) is 11.3 Å². The number of hydrogen-bond donors (Lipinski definition) is 2. The van der Waals surface area contributed by atoms with Crippen LogP contribution in [-0.4, -0.2) is 40.6 Å². The molecule has 0 atom stereocenters. The molecule has 0 saturated heterocycles. The van der Waals surface area contributed by atoms with Gasteiger partial charge in [-0.3, -0.25) is 14.6 Å². The molecule has 0 aliphatic rings. The van der Waals surface area contributed by atoms with Crippen LogP contribution in [0.1, 0.15) is 33.0 Å². The maximum Gasteiger partial charge on any atom is 0.269 e. The zero-order chi connectivity index (χ0) is 20.4. The standard InChI is InChI=1S/C20H22N8O/c1-13-19(14(2)27(3)26-13)17-8-18(25-24-17)20(29)22-9-15-4-6-16(7-5-15)10-28-12-21-11-23-28/h4-8,11-12H,9-10H2,1-3H3,(H,22,29)(H,24,25). The third kappa shape index (κ3) is 3.93. The molecule has 0 spiro atoms. The Morgan fingerprint density at radius 2 is 1.93 bits per heavy atom. The summed E-state index contributed by atoms with van der Waals surface area (Å²) in [5.41, 5.74) is 6.11. The fourth-order valence-corrected chi connectivity index (χ4v) is 3.25. The molecule has 9 nitrogen and oxygen atoms in total. The highest BCUT2D eigenvalue weighted by Crippen LogP contribution is 2.25. The smallest absolute Gasteiger partial charge is 0.269 e. The second-order valence-electron chi connectivity index (χ2n) is 6.93. The lowest BCUT2D eigenvalue weighted by molar-refractivity contribution is 0.0946. The zero-order valence-electron chi connectivity index (χ0n) is 16.5. The first-order valence-corrected chi connectivity index (χ1v) is 9.25. The fourth-order valence-electron chi connectivity index (χ4n) is 3.25. The average Bonchev–Trinajstić information content (AvgIpc) is 3.43. The number of benzene rings is 1. The van der Waals surface area contributed by atoms with E-state index in [0.717, 1.165) is 33.8 Å². The summed E-state index contributed by atoms with van der Waals surface area (Å²) in [6, 6.07) is 9.78. The summed E-state index contributed by atoms with van der Waals surface area (Å²) in [5, 5.41) is 18.5. The number of H-pyrrole nitrogens is 1. The van der Waals surface area contributed by atoms with Crippen LogP contribution in [0.25, 0.3) is 11.3 Å². The molecule has 4 rings (SSSR count). The van der Waals surface area contributed by atoms with E-state index in [1.54, 1.807) is 17.1 Å². The Morgan fingerprint density at radius 3 is 2.59 bits per heavy atom. The third-order valence-corrected chi connectivity index (χ3v) is 4.87. The van der Waals surface area contributed by atoms with Gasteiger partial charge in [-0.1, -0.05) is 24.3 Å². The van der Waals surface area contributed by atoms with Crippen molar-refractivity contribution in [1.82, 2.24) is 40.1 Å². The lowest BCUT2D eigenvalue weighted by Crippen LogP contribution is -2.23. The lowest BCUT2D eigenvalue weighted by Gasteiger charge is -2.06. The predicted molar refractivity (Wildman–Crippen MR) is 107 cm³/mol. The van der Waals surface area contributed by atoms with Gasteiger partial charge >= 0.3 is 0 Å². The molecule has 1 amide bonds. The van der Waals surface area contributed by atoms with Gasteiger partial charge in [-0.05, 0) is 31.0 Å². The molecule has 0 aliphatic heterocycles. The molecule has 0 radical (unpaired) electrons. The van der Waals surface area contributed by atoms with Crippen molar-refractivity contribution in [2.24, 2.45) is 7.05 Å². The molecule has 29 heavy (non-hydrogen) atoms. The van der Waals surface area contributed by atoms with Gasteiger partial charge in [0.25, 0.3) is 5.91 Å². The van der Waals surface area contributed by atoms with E-state index in [1.807, 2.05) is 49.8 Å². The van der Waals surface area contributed by atoms with Gasteiger partial charge in [0.05, 0.1) is 17.9 Å². The summed E-state index contributed by atoms with van der Waals surface area (Å²) in [4.78, 5) is 16.4. The summed E-state index contributed by atoms with van der Waals surface area (Å²) < 4.78 is 3.57. The number of hydrogen-bond acceptors (Lipinski definition) is 5. The molecule has 0 bridgehead atoms. The van der Waals surface area contributed by atoms with Crippen molar-refractivity contribution in [3.63, 3.8) is 0 Å². The number of nitrogens with one attached hydrogen (secondary N) is 2. The summed E-state index contributed by atoms with van der Waals surface area (Å²) in [6.07, 6.45) is 3.20. The number of aromatic nitrogens is 7. The van der Waals surface area contributed by atoms with Crippen molar-refractivity contribution in [2.75, 3.05) is 0 Å². The zero-order valence-corrected chi connectivity index (χ0v) is 16.5. The summed E-state index contributed by atoms with van der Waals surface area (Å²) >= 11 is 0. The van der Waals surface area contributed by atoms with Crippen molar-refractivity contribution in [3.05, 3.63) is 71.2 Å². The molecule has 0 saturated carbocycles. The molecule has 2 N–H and O–H groups in total. The molecule has 148 valence electrons. The highest BCUT2D eigenvalue weighted by Gasteiger charge is 2.17. The number of rotatable bonds is 6. The van der Waals surface area contributed by atoms with Crippen molar-refractivity contribution >= 4 is 5.91 Å². The second kappa shape index (κ2) is 7.70. The highest BCUT2D eigenvalue weighted by atomic mass is 16.1. The topological polar surface area (TPSA) is 106 Å². The highest BCUT2D eigenvalue weighted by molar-refractivity contribution is 5.93. The van der Waals surface area contributed by atoms with E-state index in [0.29, 0.717) is 18.8 Å². The van der Waals surface area contributed by atoms with Crippen molar-refractivity contribution < 1.29 is 4.79 Å². The van der Waals surface area contributed by atoms with Crippen LogP contribution in [0.5, 0.6) is 0 Å². The van der Waals surface area contributed by atoms with E-state index in [4.69, 9.17) is 0 Å². The fraction of sp³-hybridized carbons (Fsp3) is 0.250. The molecular weight excluding hydrogens is 368 g/mol. The van der Waals surface area contributed by atoms with Crippen molar-refractivity contribution in [2.45, 2.75) is 26.9 Å². The van der Waals surface area contributed by atoms with Crippen molar-refractivity contribution in [1.29, 1.82) is 0 Å². The maximum absolute atomic E-state index is 12.5. The average molecular weight is 390 g/mol. The largest absolute Gasteiger partial charge is 0.347 e. The molecule has 3 heterocycles. The quantitative estimate of drug-likeness (QED) is 0.524. The molecule has 0 unspecified atom stereocenters. The van der Waals surface area contributed by atoms with Gasteiger partial charge in [-0.2, -0.15) is 15.3 Å². The molecule has 3 aromatic heterocycles. The molecule has 0 aliphatic carbocycles. The SMILES string of the molecule is Cc1nn(C)c(C)c1-c1cc(C(=O)NCc2ccc(Cn3cncn3)cc2)[nH]n1. The summed E-state index contributed by atoms with van der Waals surface area (Å²) in [6.45, 7) is 5.01. The number of amides is 1.